The molecule has 0 saturated heterocycles. The van der Waals surface area contributed by atoms with Crippen LogP contribution in [0.5, 0.6) is 0 Å². The van der Waals surface area contributed by atoms with Crippen LogP contribution in [0.3, 0.4) is 0 Å². The highest BCUT2D eigenvalue weighted by Gasteiger charge is 2.09. The summed E-state index contributed by atoms with van der Waals surface area (Å²) >= 11 is 7.59. The fraction of sp³-hybridized carbons (Fsp3) is 0.154. The zero-order chi connectivity index (χ0) is 13.0. The molecule has 0 bridgehead atoms. The van der Waals surface area contributed by atoms with Crippen molar-refractivity contribution in [3.63, 3.8) is 0 Å². The smallest absolute Gasteiger partial charge is 0.141 e. The summed E-state index contributed by atoms with van der Waals surface area (Å²) in [6.45, 7) is 0. The lowest BCUT2D eigenvalue weighted by molar-refractivity contribution is 0.615. The quantitative estimate of drug-likeness (QED) is 0.870. The Hall–Kier alpha value is -1.10. The van der Waals surface area contributed by atoms with Crippen molar-refractivity contribution in [2.45, 2.75) is 10.9 Å². The molecule has 2 aromatic rings. The lowest BCUT2D eigenvalue weighted by atomic mass is 10.1. The van der Waals surface area contributed by atoms with E-state index < -0.39 is 0 Å². The Kier molecular flexibility index (Phi) is 4.58. The molecular weight excluding hydrogens is 271 g/mol. The fourth-order valence-electron chi connectivity index (χ4n) is 1.47. The van der Waals surface area contributed by atoms with Gasteiger partial charge < -0.3 is 5.73 Å². The van der Waals surface area contributed by atoms with Crippen molar-refractivity contribution < 1.29 is 4.39 Å². The first-order valence-corrected chi connectivity index (χ1v) is 6.76. The van der Waals surface area contributed by atoms with E-state index in [-0.39, 0.29) is 11.9 Å². The van der Waals surface area contributed by atoms with Gasteiger partial charge in [-0.2, -0.15) is 0 Å². The average Bonchev–Trinajstić information content (AvgIpc) is 2.37. The minimum atomic E-state index is -0.370. The van der Waals surface area contributed by atoms with Crippen LogP contribution in [0.4, 0.5) is 4.39 Å². The molecule has 1 aromatic carbocycles. The van der Waals surface area contributed by atoms with E-state index in [0.717, 1.165) is 11.1 Å². The molecule has 2 nitrogen and oxygen atoms in total. The molecule has 1 aromatic heterocycles. The molecule has 0 spiro atoms. The number of hydrogen-bond acceptors (Lipinski definition) is 3. The minimum Gasteiger partial charge on any atom is -0.323 e. The van der Waals surface area contributed by atoms with Gasteiger partial charge in [-0.15, -0.1) is 11.8 Å². The Morgan fingerprint density at radius 3 is 2.83 bits per heavy atom. The van der Waals surface area contributed by atoms with Crippen LogP contribution >= 0.6 is 23.4 Å². The van der Waals surface area contributed by atoms with E-state index in [1.165, 1.54) is 6.07 Å². The molecule has 94 valence electrons. The van der Waals surface area contributed by atoms with E-state index in [1.54, 1.807) is 18.0 Å². The topological polar surface area (TPSA) is 38.9 Å². The summed E-state index contributed by atoms with van der Waals surface area (Å²) in [6.07, 6.45) is 2.75. The zero-order valence-corrected chi connectivity index (χ0v) is 11.1. The largest absolute Gasteiger partial charge is 0.323 e. The van der Waals surface area contributed by atoms with Gasteiger partial charge >= 0.3 is 0 Å². The molecule has 0 saturated carbocycles. The monoisotopic (exact) mass is 282 g/mol. The van der Waals surface area contributed by atoms with Crippen LogP contribution in [0.1, 0.15) is 11.6 Å². The second-order valence-corrected chi connectivity index (χ2v) is 5.25. The highest BCUT2D eigenvalue weighted by Crippen LogP contribution is 2.29. The molecule has 2 rings (SSSR count). The Labute approximate surface area is 114 Å². The van der Waals surface area contributed by atoms with E-state index >= 15 is 0 Å². The Bertz CT molecular complexity index is 536. The molecule has 5 heteroatoms. The number of nitrogens with two attached hydrogens (primary N) is 1. The fourth-order valence-corrected chi connectivity index (χ4v) is 2.70. The summed E-state index contributed by atoms with van der Waals surface area (Å²) < 4.78 is 13.0. The van der Waals surface area contributed by atoms with Gasteiger partial charge in [0.1, 0.15) is 5.82 Å². The lowest BCUT2D eigenvalue weighted by Gasteiger charge is -2.11. The normalized spacial score (nSPS) is 12.4. The molecule has 0 aliphatic rings. The summed E-state index contributed by atoms with van der Waals surface area (Å²) in [6, 6.07) is 8.70. The third kappa shape index (κ3) is 3.45. The molecule has 1 unspecified atom stereocenters. The first-order valence-electron chi connectivity index (χ1n) is 5.40. The summed E-state index contributed by atoms with van der Waals surface area (Å²) in [5, 5.41) is 0.701. The third-order valence-corrected chi connectivity index (χ3v) is 4.04. The van der Waals surface area contributed by atoms with Crippen molar-refractivity contribution in [2.24, 2.45) is 5.73 Å². The van der Waals surface area contributed by atoms with Crippen LogP contribution < -0.4 is 5.73 Å². The predicted octanol–water partition coefficient (Wildman–Crippen LogP) is 3.67. The van der Waals surface area contributed by atoms with Crippen LogP contribution in [0, 0.1) is 5.82 Å². The predicted molar refractivity (Wildman–Crippen MR) is 73.3 cm³/mol. The molecule has 1 heterocycles. The van der Waals surface area contributed by atoms with Crippen molar-refractivity contribution in [2.75, 3.05) is 5.75 Å². The lowest BCUT2D eigenvalue weighted by Crippen LogP contribution is -2.13. The number of halogens is 2. The van der Waals surface area contributed by atoms with Crippen LogP contribution in [0.2, 0.25) is 5.02 Å². The number of hydrogen-bond donors (Lipinski definition) is 1. The molecule has 0 radical (unpaired) electrons. The van der Waals surface area contributed by atoms with Crippen LogP contribution in [0.15, 0.2) is 47.6 Å². The van der Waals surface area contributed by atoms with E-state index in [9.17, 15) is 4.39 Å². The van der Waals surface area contributed by atoms with Gasteiger partial charge in [0.15, 0.2) is 0 Å². The zero-order valence-electron chi connectivity index (χ0n) is 9.51. The molecule has 0 fully saturated rings. The molecule has 0 aliphatic heterocycles. The number of pyridine rings is 1. The number of thioether (sulfide) groups is 1. The van der Waals surface area contributed by atoms with Crippen molar-refractivity contribution in [3.8, 4) is 0 Å². The summed E-state index contributed by atoms with van der Waals surface area (Å²) in [5.74, 6) is 0.250. The van der Waals surface area contributed by atoms with Crippen molar-refractivity contribution in [3.05, 3.63) is 59.1 Å². The average molecular weight is 283 g/mol. The van der Waals surface area contributed by atoms with Gasteiger partial charge in [-0.05, 0) is 23.8 Å². The third-order valence-electron chi connectivity index (χ3n) is 2.41. The minimum absolute atomic E-state index is 0.269. The van der Waals surface area contributed by atoms with Crippen LogP contribution in [-0.4, -0.2) is 10.7 Å². The maximum Gasteiger partial charge on any atom is 0.141 e. The van der Waals surface area contributed by atoms with Crippen LogP contribution in [-0.2, 0) is 0 Å². The van der Waals surface area contributed by atoms with Gasteiger partial charge in [-0.1, -0.05) is 23.7 Å². The maximum absolute atomic E-state index is 13.0. The van der Waals surface area contributed by atoms with Gasteiger partial charge in [-0.25, -0.2) is 4.39 Å². The Balaban J connectivity index is 2.00. The SMILES string of the molecule is NC(CSc1ccccc1Cl)c1cncc(F)c1. The standard InChI is InChI=1S/C13H12ClFN2S/c14-11-3-1-2-4-13(11)18-8-12(16)9-5-10(15)7-17-6-9/h1-7,12H,8,16H2. The molecular formula is C13H12ClFN2S. The second kappa shape index (κ2) is 6.18. The first kappa shape index (κ1) is 13.3. The van der Waals surface area contributed by atoms with Gasteiger partial charge in [0.05, 0.1) is 11.2 Å². The molecule has 2 N–H and O–H groups in total. The number of aromatic nitrogens is 1. The van der Waals surface area contributed by atoms with Gasteiger partial charge in [0.2, 0.25) is 0 Å². The molecule has 0 amide bonds. The van der Waals surface area contributed by atoms with E-state index in [4.69, 9.17) is 17.3 Å². The summed E-state index contributed by atoms with van der Waals surface area (Å²) in [5.41, 5.74) is 6.68. The molecule has 1 atom stereocenters. The van der Waals surface area contributed by atoms with Gasteiger partial charge in [-0.3, -0.25) is 4.98 Å². The summed E-state index contributed by atoms with van der Waals surface area (Å²) in [4.78, 5) is 4.76. The van der Waals surface area contributed by atoms with Gasteiger partial charge in [0.25, 0.3) is 0 Å². The highest BCUT2D eigenvalue weighted by atomic mass is 35.5. The summed E-state index contributed by atoms with van der Waals surface area (Å²) in [7, 11) is 0. The van der Waals surface area contributed by atoms with Gasteiger partial charge in [0, 0.05) is 22.9 Å². The highest BCUT2D eigenvalue weighted by molar-refractivity contribution is 7.99. The van der Waals surface area contributed by atoms with E-state index in [2.05, 4.69) is 4.98 Å². The number of rotatable bonds is 4. The molecule has 0 aliphatic carbocycles. The first-order chi connectivity index (χ1) is 8.66. The molecule has 18 heavy (non-hydrogen) atoms. The Morgan fingerprint density at radius 1 is 1.33 bits per heavy atom. The van der Waals surface area contributed by atoms with Crippen molar-refractivity contribution in [1.29, 1.82) is 0 Å². The van der Waals surface area contributed by atoms with Crippen molar-refractivity contribution >= 4 is 23.4 Å². The maximum atomic E-state index is 13.0. The number of nitrogens with zero attached hydrogens (tertiary/aromatic N) is 1. The van der Waals surface area contributed by atoms with E-state index in [1.807, 2.05) is 24.3 Å². The second-order valence-electron chi connectivity index (χ2n) is 3.78. The van der Waals surface area contributed by atoms with E-state index in [0.29, 0.717) is 16.3 Å². The Morgan fingerprint density at radius 2 is 2.11 bits per heavy atom. The number of benzene rings is 1. The van der Waals surface area contributed by atoms with Crippen LogP contribution in [0.25, 0.3) is 0 Å². The van der Waals surface area contributed by atoms with Crippen molar-refractivity contribution in [1.82, 2.24) is 4.98 Å².